The zero-order valence-electron chi connectivity index (χ0n) is 8.04. The summed E-state index contributed by atoms with van der Waals surface area (Å²) in [4.78, 5) is 10.0. The maximum absolute atomic E-state index is 10.5. The van der Waals surface area contributed by atoms with Crippen molar-refractivity contribution in [3.8, 4) is 0 Å². The molecule has 0 unspecified atom stereocenters. The van der Waals surface area contributed by atoms with Crippen molar-refractivity contribution in [2.24, 2.45) is 0 Å². The van der Waals surface area contributed by atoms with Gasteiger partial charge in [-0.25, -0.2) is 0 Å². The summed E-state index contributed by atoms with van der Waals surface area (Å²) in [5.41, 5.74) is 0.751. The summed E-state index contributed by atoms with van der Waals surface area (Å²) in [5, 5.41) is 10.5. The van der Waals surface area contributed by atoms with Crippen LogP contribution in [0.1, 0.15) is 18.9 Å². The fourth-order valence-electron chi connectivity index (χ4n) is 1.66. The van der Waals surface area contributed by atoms with Crippen LogP contribution in [0.4, 0.5) is 5.69 Å². The van der Waals surface area contributed by atoms with E-state index in [1.54, 1.807) is 12.1 Å². The summed E-state index contributed by atoms with van der Waals surface area (Å²) in [6, 6.07) is 6.38. The quantitative estimate of drug-likeness (QED) is 0.455. The summed E-state index contributed by atoms with van der Waals surface area (Å²) in [6.45, 7) is 1.95. The van der Waals surface area contributed by atoms with Crippen LogP contribution in [0.3, 0.4) is 0 Å². The number of nitrogens with zero attached hydrogens (tertiary/aromatic N) is 1. The second-order valence-electron chi connectivity index (χ2n) is 4.02. The van der Waals surface area contributed by atoms with Gasteiger partial charge in [0.1, 0.15) is 4.33 Å². The molecule has 5 heteroatoms. The van der Waals surface area contributed by atoms with Gasteiger partial charge in [0, 0.05) is 17.5 Å². The number of rotatable bonds is 2. The van der Waals surface area contributed by atoms with Gasteiger partial charge in [-0.3, -0.25) is 10.1 Å². The number of hydrogen-bond donors (Lipinski definition) is 0. The first-order valence-corrected chi connectivity index (χ1v) is 5.25. The van der Waals surface area contributed by atoms with Gasteiger partial charge in [0.25, 0.3) is 5.69 Å². The highest BCUT2D eigenvalue weighted by Crippen LogP contribution is 2.64. The van der Waals surface area contributed by atoms with Crippen LogP contribution in [0.5, 0.6) is 0 Å². The topological polar surface area (TPSA) is 43.1 Å². The Morgan fingerprint density at radius 2 is 1.80 bits per heavy atom. The zero-order chi connectivity index (χ0) is 11.3. The van der Waals surface area contributed by atoms with Gasteiger partial charge in [-0.1, -0.05) is 19.1 Å². The van der Waals surface area contributed by atoms with Crippen LogP contribution in [-0.2, 0) is 5.41 Å². The minimum absolute atomic E-state index is 0.0812. The third-order valence-electron chi connectivity index (χ3n) is 2.97. The number of halogens is 2. The lowest BCUT2D eigenvalue weighted by Gasteiger charge is -2.11. The van der Waals surface area contributed by atoms with Gasteiger partial charge in [0.15, 0.2) is 0 Å². The molecule has 0 aromatic heterocycles. The van der Waals surface area contributed by atoms with Crippen molar-refractivity contribution in [3.63, 3.8) is 0 Å². The van der Waals surface area contributed by atoms with E-state index >= 15 is 0 Å². The Balaban J connectivity index is 2.30. The SMILES string of the molecule is C[C@@]1(c2ccc([N+](=O)[O-])cc2)CC1(Cl)Cl. The largest absolute Gasteiger partial charge is 0.269 e. The van der Waals surface area contributed by atoms with E-state index in [2.05, 4.69) is 0 Å². The second-order valence-corrected chi connectivity index (χ2v) is 5.50. The first kappa shape index (κ1) is 10.7. The molecule has 0 N–H and O–H groups in total. The van der Waals surface area contributed by atoms with Gasteiger partial charge in [-0.2, -0.15) is 0 Å². The molecular weight excluding hydrogens is 237 g/mol. The molecule has 0 amide bonds. The predicted molar refractivity (Wildman–Crippen MR) is 59.5 cm³/mol. The van der Waals surface area contributed by atoms with E-state index in [1.165, 1.54) is 12.1 Å². The average Bonchev–Trinajstić information content (AvgIpc) is 2.67. The van der Waals surface area contributed by atoms with E-state index in [-0.39, 0.29) is 11.1 Å². The Morgan fingerprint density at radius 3 is 2.13 bits per heavy atom. The van der Waals surface area contributed by atoms with E-state index < -0.39 is 9.26 Å². The van der Waals surface area contributed by atoms with Crippen LogP contribution in [0, 0.1) is 10.1 Å². The molecule has 2 rings (SSSR count). The van der Waals surface area contributed by atoms with Crippen LogP contribution in [-0.4, -0.2) is 9.26 Å². The van der Waals surface area contributed by atoms with Crippen molar-refractivity contribution in [1.82, 2.24) is 0 Å². The van der Waals surface area contributed by atoms with Crippen molar-refractivity contribution in [2.75, 3.05) is 0 Å². The van der Waals surface area contributed by atoms with Crippen LogP contribution in [0.25, 0.3) is 0 Å². The van der Waals surface area contributed by atoms with Gasteiger partial charge in [-0.15, -0.1) is 23.2 Å². The molecule has 1 fully saturated rings. The Labute approximate surface area is 97.1 Å². The number of non-ortho nitro benzene ring substituents is 1. The molecule has 0 heterocycles. The van der Waals surface area contributed by atoms with Gasteiger partial charge in [0.05, 0.1) is 4.92 Å². The number of hydrogen-bond acceptors (Lipinski definition) is 2. The molecule has 80 valence electrons. The van der Waals surface area contributed by atoms with Gasteiger partial charge in [-0.05, 0) is 12.0 Å². The zero-order valence-corrected chi connectivity index (χ0v) is 9.55. The van der Waals surface area contributed by atoms with E-state index in [1.807, 2.05) is 6.92 Å². The maximum atomic E-state index is 10.5. The van der Waals surface area contributed by atoms with E-state index in [0.717, 1.165) is 5.56 Å². The van der Waals surface area contributed by atoms with Crippen molar-refractivity contribution in [2.45, 2.75) is 23.1 Å². The van der Waals surface area contributed by atoms with Gasteiger partial charge >= 0.3 is 0 Å². The summed E-state index contributed by atoms with van der Waals surface area (Å²) in [5.74, 6) is 0. The Kier molecular flexibility index (Phi) is 2.21. The molecule has 0 spiro atoms. The van der Waals surface area contributed by atoms with E-state index in [0.29, 0.717) is 6.42 Å². The first-order valence-electron chi connectivity index (χ1n) is 4.50. The van der Waals surface area contributed by atoms with Crippen molar-refractivity contribution in [1.29, 1.82) is 0 Å². The second kappa shape index (κ2) is 3.09. The third-order valence-corrected chi connectivity index (χ3v) is 4.07. The van der Waals surface area contributed by atoms with Crippen molar-refractivity contribution in [3.05, 3.63) is 39.9 Å². The smallest absolute Gasteiger partial charge is 0.258 e. The van der Waals surface area contributed by atoms with Gasteiger partial charge in [0.2, 0.25) is 0 Å². The maximum Gasteiger partial charge on any atom is 0.269 e. The summed E-state index contributed by atoms with van der Waals surface area (Å²) in [7, 11) is 0. The lowest BCUT2D eigenvalue weighted by Crippen LogP contribution is -2.09. The number of alkyl halides is 2. The molecule has 0 radical (unpaired) electrons. The fraction of sp³-hybridized carbons (Fsp3) is 0.400. The standard InChI is InChI=1S/C10H9Cl2NO2/c1-9(6-10(9,11)12)7-2-4-8(5-3-7)13(14)15/h2-5H,6H2,1H3/t9-/m0/s1. The molecule has 1 aromatic rings. The van der Waals surface area contributed by atoms with Crippen LogP contribution in [0.2, 0.25) is 0 Å². The molecule has 1 aliphatic carbocycles. The normalized spacial score (nSPS) is 27.4. The van der Waals surface area contributed by atoms with E-state index in [9.17, 15) is 10.1 Å². The summed E-state index contributed by atoms with van der Waals surface area (Å²) < 4.78 is -0.733. The van der Waals surface area contributed by atoms with Crippen LogP contribution >= 0.6 is 23.2 Å². The predicted octanol–water partition coefficient (Wildman–Crippen LogP) is 3.43. The molecule has 1 atom stereocenters. The van der Waals surface area contributed by atoms with E-state index in [4.69, 9.17) is 23.2 Å². The average molecular weight is 246 g/mol. The first-order chi connectivity index (χ1) is 6.87. The molecule has 1 aliphatic rings. The monoisotopic (exact) mass is 245 g/mol. The van der Waals surface area contributed by atoms with Crippen molar-refractivity contribution < 1.29 is 4.92 Å². The Morgan fingerprint density at radius 1 is 1.33 bits per heavy atom. The Bertz CT molecular complexity index is 416. The van der Waals surface area contributed by atoms with Crippen LogP contribution in [0.15, 0.2) is 24.3 Å². The Hall–Kier alpha value is -0.800. The highest BCUT2D eigenvalue weighted by molar-refractivity contribution is 6.52. The van der Waals surface area contributed by atoms with Gasteiger partial charge < -0.3 is 0 Å². The molecule has 0 saturated heterocycles. The third kappa shape index (κ3) is 1.60. The molecule has 1 saturated carbocycles. The summed E-state index contributed by atoms with van der Waals surface area (Å²) >= 11 is 12.0. The van der Waals surface area contributed by atoms with Crippen molar-refractivity contribution >= 4 is 28.9 Å². The molecule has 1 aromatic carbocycles. The lowest BCUT2D eigenvalue weighted by molar-refractivity contribution is -0.384. The molecule has 3 nitrogen and oxygen atoms in total. The molecular formula is C10H9Cl2NO2. The number of nitro groups is 1. The minimum atomic E-state index is -0.733. The molecule has 0 aliphatic heterocycles. The van der Waals surface area contributed by atoms with Crippen LogP contribution < -0.4 is 0 Å². The molecule has 0 bridgehead atoms. The lowest BCUT2D eigenvalue weighted by atomic mass is 9.98. The minimum Gasteiger partial charge on any atom is -0.258 e. The highest BCUT2D eigenvalue weighted by atomic mass is 35.5. The fourth-order valence-corrected chi connectivity index (χ4v) is 2.42. The summed E-state index contributed by atoms with van der Waals surface area (Å²) in [6.07, 6.45) is 0.681. The number of nitro benzene ring substituents is 1. The highest BCUT2D eigenvalue weighted by Gasteiger charge is 2.63. The molecule has 15 heavy (non-hydrogen) atoms. The number of benzene rings is 1.